The summed E-state index contributed by atoms with van der Waals surface area (Å²) in [5.74, 6) is -1.16. The molecule has 0 saturated carbocycles. The molecule has 0 aliphatic carbocycles. The second kappa shape index (κ2) is 8.72. The maximum atomic E-state index is 12.0. The maximum Gasteiger partial charge on any atom is 0.536 e. The van der Waals surface area contributed by atoms with Gasteiger partial charge in [0.05, 0.1) is 18.8 Å². The number of rotatable bonds is 8. The summed E-state index contributed by atoms with van der Waals surface area (Å²) < 4.78 is 50.7. The van der Waals surface area contributed by atoms with Gasteiger partial charge in [-0.2, -0.15) is 8.62 Å². The Balaban J connectivity index is 2.33. The highest BCUT2D eigenvalue weighted by molar-refractivity contribution is 7.66. The number of phosphoric acid groups is 3. The second-order valence-electron chi connectivity index (χ2n) is 5.66. The van der Waals surface area contributed by atoms with Gasteiger partial charge in [-0.25, -0.2) is 18.5 Å². The average Bonchev–Trinajstić information content (AvgIpc) is 2.81. The number of nitrogens with two attached hydrogens (primary N) is 1. The van der Waals surface area contributed by atoms with Gasteiger partial charge in [0.15, 0.2) is 6.23 Å². The molecule has 21 heteroatoms. The van der Waals surface area contributed by atoms with Gasteiger partial charge in [-0.15, -0.1) is 0 Å². The molecule has 0 radical (unpaired) electrons. The van der Waals surface area contributed by atoms with Crippen LogP contribution in [0.3, 0.4) is 0 Å². The van der Waals surface area contributed by atoms with E-state index in [1.807, 2.05) is 0 Å². The lowest BCUT2D eigenvalue weighted by molar-refractivity contribution is -0.0466. The SMILES string of the molecule is N[C@@H]1[C@H](O)[C@@H](CO)O[C@H]1n1cc(OP(=O)(O)OP(=O)(O)OP(=O)(O)O)c(=O)[nH]c1=O. The van der Waals surface area contributed by atoms with E-state index in [9.17, 15) is 33.3 Å². The lowest BCUT2D eigenvalue weighted by atomic mass is 10.1. The standard InChI is InChI=1S/C9H16N3O15P3/c10-5-6(14)4(2-13)24-8(5)12-1-3(7(15)11-9(12)16)25-29(20,21)27-30(22,23)26-28(17,18)19/h1,4-6,8,13-14H,2,10H2,(H,20,21)(H,22,23)(H,11,15,16)(H2,17,18,19)/t4-,5-,6-,8-/m1/s1. The topological polar surface area (TPSA) is 290 Å². The number of aliphatic hydroxyl groups excluding tert-OH is 2. The van der Waals surface area contributed by atoms with Crippen molar-refractivity contribution in [1.82, 2.24) is 9.55 Å². The number of aromatic nitrogens is 2. The van der Waals surface area contributed by atoms with Crippen molar-refractivity contribution < 1.29 is 61.4 Å². The van der Waals surface area contributed by atoms with Gasteiger partial charge in [0.1, 0.15) is 12.2 Å². The number of nitrogens with one attached hydrogen (secondary N) is 1. The number of H-pyrrole nitrogens is 1. The van der Waals surface area contributed by atoms with E-state index in [0.717, 1.165) is 0 Å². The fourth-order valence-corrected chi connectivity index (χ4v) is 5.33. The molecule has 30 heavy (non-hydrogen) atoms. The quantitative estimate of drug-likeness (QED) is 0.164. The fourth-order valence-electron chi connectivity index (χ4n) is 2.31. The third kappa shape index (κ3) is 6.15. The van der Waals surface area contributed by atoms with Crippen LogP contribution in [-0.2, 0) is 27.1 Å². The molecule has 1 aromatic heterocycles. The third-order valence-electron chi connectivity index (χ3n) is 3.44. The molecule has 0 bridgehead atoms. The van der Waals surface area contributed by atoms with Crippen LogP contribution in [0.4, 0.5) is 0 Å². The van der Waals surface area contributed by atoms with Gasteiger partial charge in [-0.05, 0) is 0 Å². The summed E-state index contributed by atoms with van der Waals surface area (Å²) >= 11 is 0. The Bertz CT molecular complexity index is 1050. The molecule has 9 N–H and O–H groups in total. The first kappa shape index (κ1) is 25.0. The highest BCUT2D eigenvalue weighted by Gasteiger charge is 2.44. The van der Waals surface area contributed by atoms with Crippen LogP contribution in [0.1, 0.15) is 6.23 Å². The number of phosphoric ester groups is 1. The first-order chi connectivity index (χ1) is 13.6. The Morgan fingerprint density at radius 2 is 1.73 bits per heavy atom. The Kier molecular flexibility index (Phi) is 7.28. The van der Waals surface area contributed by atoms with E-state index in [1.165, 1.54) is 0 Å². The fraction of sp³-hybridized carbons (Fsp3) is 0.556. The number of aromatic amines is 1. The molecule has 0 spiro atoms. The number of hydrogen-bond donors (Lipinski definition) is 8. The molecule has 1 aliphatic heterocycles. The molecule has 6 atom stereocenters. The van der Waals surface area contributed by atoms with E-state index in [4.69, 9.17) is 30.3 Å². The normalized spacial score (nSPS) is 28.6. The van der Waals surface area contributed by atoms with Crippen LogP contribution in [0.25, 0.3) is 0 Å². The summed E-state index contributed by atoms with van der Waals surface area (Å²) in [6.45, 7) is -0.683. The van der Waals surface area contributed by atoms with Gasteiger partial charge >= 0.3 is 29.2 Å². The van der Waals surface area contributed by atoms with Crippen molar-refractivity contribution in [1.29, 1.82) is 0 Å². The van der Waals surface area contributed by atoms with E-state index in [1.54, 1.807) is 4.98 Å². The average molecular weight is 499 g/mol. The number of nitrogens with zero attached hydrogens (tertiary/aromatic N) is 1. The molecular formula is C9H16N3O15P3. The van der Waals surface area contributed by atoms with Gasteiger partial charge in [0.25, 0.3) is 5.56 Å². The van der Waals surface area contributed by atoms with Crippen molar-refractivity contribution in [2.75, 3.05) is 6.61 Å². The van der Waals surface area contributed by atoms with Gasteiger partial charge in [-0.1, -0.05) is 0 Å². The zero-order valence-corrected chi connectivity index (χ0v) is 17.0. The maximum absolute atomic E-state index is 12.0. The van der Waals surface area contributed by atoms with Crippen LogP contribution in [-0.4, -0.2) is 64.2 Å². The predicted octanol–water partition coefficient (Wildman–Crippen LogP) is -3.18. The number of hydrogen-bond acceptors (Lipinski definition) is 12. The molecule has 2 unspecified atom stereocenters. The van der Waals surface area contributed by atoms with Crippen LogP contribution in [0.2, 0.25) is 0 Å². The lowest BCUT2D eigenvalue weighted by Gasteiger charge is -2.19. The molecule has 1 fully saturated rings. The Hall–Kier alpha value is -1.23. The van der Waals surface area contributed by atoms with Gasteiger partial charge in [0.2, 0.25) is 5.75 Å². The third-order valence-corrected chi connectivity index (χ3v) is 7.19. The minimum atomic E-state index is -5.85. The van der Waals surface area contributed by atoms with Gasteiger partial charge in [-0.3, -0.25) is 19.2 Å². The molecule has 172 valence electrons. The number of ether oxygens (including phenoxy) is 1. The molecule has 0 amide bonds. The minimum Gasteiger partial charge on any atom is -0.396 e. The summed E-state index contributed by atoms with van der Waals surface area (Å²) in [5.41, 5.74) is 3.08. The monoisotopic (exact) mass is 499 g/mol. The molecule has 1 saturated heterocycles. The van der Waals surface area contributed by atoms with E-state index in [2.05, 4.69) is 13.1 Å². The molecule has 2 rings (SSSR count). The van der Waals surface area contributed by atoms with Crippen molar-refractivity contribution in [3.8, 4) is 5.75 Å². The zero-order chi connectivity index (χ0) is 23.1. The van der Waals surface area contributed by atoms with Crippen LogP contribution in [0.5, 0.6) is 5.75 Å². The Labute approximate surface area is 164 Å². The lowest BCUT2D eigenvalue weighted by Crippen LogP contribution is -2.43. The number of aliphatic hydroxyl groups is 2. The molecule has 18 nitrogen and oxygen atoms in total. The minimum absolute atomic E-state index is 0.483. The smallest absolute Gasteiger partial charge is 0.396 e. The van der Waals surface area contributed by atoms with Crippen molar-refractivity contribution in [3.05, 3.63) is 27.0 Å². The van der Waals surface area contributed by atoms with Gasteiger partial charge < -0.3 is 39.9 Å². The Morgan fingerprint density at radius 1 is 1.13 bits per heavy atom. The molecular weight excluding hydrogens is 483 g/mol. The summed E-state index contributed by atoms with van der Waals surface area (Å²) in [5, 5.41) is 19.0. The van der Waals surface area contributed by atoms with E-state index >= 15 is 0 Å². The van der Waals surface area contributed by atoms with Crippen molar-refractivity contribution in [2.24, 2.45) is 5.73 Å². The zero-order valence-electron chi connectivity index (χ0n) is 14.3. The highest BCUT2D eigenvalue weighted by atomic mass is 31.3. The summed E-state index contributed by atoms with van der Waals surface area (Å²) in [4.78, 5) is 61.0. The predicted molar refractivity (Wildman–Crippen MR) is 90.8 cm³/mol. The molecule has 2 heterocycles. The summed E-state index contributed by atoms with van der Waals surface area (Å²) in [7, 11) is -17.2. The van der Waals surface area contributed by atoms with Crippen molar-refractivity contribution in [2.45, 2.75) is 24.5 Å². The molecule has 1 aromatic rings. The summed E-state index contributed by atoms with van der Waals surface area (Å²) in [6.07, 6.45) is -3.63. The summed E-state index contributed by atoms with van der Waals surface area (Å²) in [6, 6.07) is -1.30. The molecule has 0 aromatic carbocycles. The van der Waals surface area contributed by atoms with Crippen molar-refractivity contribution in [3.63, 3.8) is 0 Å². The van der Waals surface area contributed by atoms with Gasteiger partial charge in [0, 0.05) is 0 Å². The van der Waals surface area contributed by atoms with Crippen LogP contribution >= 0.6 is 23.5 Å². The Morgan fingerprint density at radius 3 is 2.23 bits per heavy atom. The van der Waals surface area contributed by atoms with Crippen LogP contribution in [0, 0.1) is 0 Å². The highest BCUT2D eigenvalue weighted by Crippen LogP contribution is 2.65. The van der Waals surface area contributed by atoms with Crippen LogP contribution in [0.15, 0.2) is 15.8 Å². The van der Waals surface area contributed by atoms with Crippen LogP contribution < -0.4 is 21.5 Å². The first-order valence-corrected chi connectivity index (χ1v) is 12.0. The van der Waals surface area contributed by atoms with E-state index in [0.29, 0.717) is 10.8 Å². The van der Waals surface area contributed by atoms with Crippen molar-refractivity contribution >= 4 is 23.5 Å². The molecule has 1 aliphatic rings. The second-order valence-corrected chi connectivity index (χ2v) is 10.0. The first-order valence-electron chi connectivity index (χ1n) is 7.44. The largest absolute Gasteiger partial charge is 0.536 e. The van der Waals surface area contributed by atoms with E-state index in [-0.39, 0.29) is 0 Å². The van der Waals surface area contributed by atoms with E-state index < -0.39 is 71.6 Å².